The van der Waals surface area contributed by atoms with E-state index in [1.54, 1.807) is 0 Å². The molecule has 1 aromatic rings. The lowest BCUT2D eigenvalue weighted by atomic mass is 10.1. The van der Waals surface area contributed by atoms with Gasteiger partial charge in [-0.3, -0.25) is 4.79 Å². The zero-order chi connectivity index (χ0) is 15.8. The van der Waals surface area contributed by atoms with Gasteiger partial charge >= 0.3 is 0 Å². The van der Waals surface area contributed by atoms with E-state index in [1.165, 1.54) is 0 Å². The molecule has 0 bridgehead atoms. The number of rotatable bonds is 8. The number of unbranched alkanes of at least 4 members (excludes halogenated alkanes) is 1. The fourth-order valence-corrected chi connectivity index (χ4v) is 2.25. The summed E-state index contributed by atoms with van der Waals surface area (Å²) in [6.45, 7) is 5.43. The van der Waals surface area contributed by atoms with Crippen LogP contribution >= 0.6 is 0 Å². The molecule has 1 atom stereocenters. The number of hydrogen-bond acceptors (Lipinski definition) is 3. The molecular weight excluding hydrogens is 262 g/mol. The second kappa shape index (κ2) is 8.67. The van der Waals surface area contributed by atoms with Crippen LogP contribution in [-0.4, -0.2) is 37.5 Å². The number of carbonyl (C=O) groups is 1. The highest BCUT2D eigenvalue weighted by atomic mass is 16.2. The van der Waals surface area contributed by atoms with Crippen LogP contribution in [0.3, 0.4) is 0 Å². The minimum absolute atomic E-state index is 0.0580. The molecule has 1 rings (SSSR count). The third-order valence-electron chi connectivity index (χ3n) is 3.71. The van der Waals surface area contributed by atoms with Crippen molar-refractivity contribution in [3.8, 4) is 0 Å². The molecule has 0 radical (unpaired) electrons. The van der Waals surface area contributed by atoms with Crippen molar-refractivity contribution in [1.29, 1.82) is 0 Å². The predicted molar refractivity (Wildman–Crippen MR) is 89.4 cm³/mol. The van der Waals surface area contributed by atoms with E-state index >= 15 is 0 Å². The molecule has 1 amide bonds. The summed E-state index contributed by atoms with van der Waals surface area (Å²) in [5, 5.41) is 0. The maximum absolute atomic E-state index is 12.4. The van der Waals surface area contributed by atoms with E-state index in [4.69, 9.17) is 5.73 Å². The third-order valence-corrected chi connectivity index (χ3v) is 3.71. The van der Waals surface area contributed by atoms with Crippen molar-refractivity contribution in [2.45, 2.75) is 45.7 Å². The van der Waals surface area contributed by atoms with Gasteiger partial charge in [0.25, 0.3) is 0 Å². The Bertz CT molecular complexity index is 428. The standard InChI is InChI=1S/C17H29N3O/c1-5-7-8-16(18)17(21)20(6-2)13-14-9-11-15(12-10-14)19(3)4/h9-12,16H,5-8,13,18H2,1-4H3. The summed E-state index contributed by atoms with van der Waals surface area (Å²) in [6.07, 6.45) is 2.84. The molecule has 1 aromatic carbocycles. The van der Waals surface area contributed by atoms with Crippen LogP contribution in [0, 0.1) is 0 Å². The lowest BCUT2D eigenvalue weighted by Gasteiger charge is -2.24. The second-order valence-corrected chi connectivity index (χ2v) is 5.66. The van der Waals surface area contributed by atoms with Crippen LogP contribution in [-0.2, 0) is 11.3 Å². The van der Waals surface area contributed by atoms with Crippen LogP contribution in [0.4, 0.5) is 5.69 Å². The highest BCUT2D eigenvalue weighted by Gasteiger charge is 2.19. The lowest BCUT2D eigenvalue weighted by Crippen LogP contribution is -2.43. The van der Waals surface area contributed by atoms with E-state index in [0.717, 1.165) is 30.5 Å². The molecule has 4 heteroatoms. The summed E-state index contributed by atoms with van der Waals surface area (Å²) in [6, 6.07) is 7.92. The Hall–Kier alpha value is -1.55. The van der Waals surface area contributed by atoms with Crippen LogP contribution in [0.1, 0.15) is 38.7 Å². The van der Waals surface area contributed by atoms with Gasteiger partial charge in [-0.05, 0) is 31.0 Å². The number of amides is 1. The Balaban J connectivity index is 2.66. The number of anilines is 1. The summed E-state index contributed by atoms with van der Waals surface area (Å²) < 4.78 is 0. The topological polar surface area (TPSA) is 49.6 Å². The predicted octanol–water partition coefficient (Wildman–Crippen LogP) is 2.62. The second-order valence-electron chi connectivity index (χ2n) is 5.66. The van der Waals surface area contributed by atoms with Gasteiger partial charge in [0.15, 0.2) is 0 Å². The average molecular weight is 291 g/mol. The molecule has 0 aromatic heterocycles. The molecule has 4 nitrogen and oxygen atoms in total. The summed E-state index contributed by atoms with van der Waals surface area (Å²) in [5.41, 5.74) is 8.30. The van der Waals surface area contributed by atoms with Gasteiger partial charge in [-0.1, -0.05) is 31.9 Å². The van der Waals surface area contributed by atoms with Gasteiger partial charge in [0.2, 0.25) is 5.91 Å². The minimum Gasteiger partial charge on any atom is -0.378 e. The first kappa shape index (κ1) is 17.5. The van der Waals surface area contributed by atoms with E-state index in [1.807, 2.05) is 25.9 Å². The Kier molecular flexibility index (Phi) is 7.23. The number of carbonyl (C=O) groups excluding carboxylic acids is 1. The minimum atomic E-state index is -0.369. The van der Waals surface area contributed by atoms with Crippen molar-refractivity contribution in [3.63, 3.8) is 0 Å². The molecular formula is C17H29N3O. The van der Waals surface area contributed by atoms with E-state index in [-0.39, 0.29) is 11.9 Å². The number of hydrogen-bond donors (Lipinski definition) is 1. The third kappa shape index (κ3) is 5.38. The summed E-state index contributed by atoms with van der Waals surface area (Å²) in [4.78, 5) is 16.3. The fraction of sp³-hybridized carbons (Fsp3) is 0.588. The van der Waals surface area contributed by atoms with E-state index in [0.29, 0.717) is 13.1 Å². The molecule has 1 unspecified atom stereocenters. The van der Waals surface area contributed by atoms with Crippen molar-refractivity contribution >= 4 is 11.6 Å². The van der Waals surface area contributed by atoms with Crippen LogP contribution in [0.25, 0.3) is 0 Å². The van der Waals surface area contributed by atoms with E-state index < -0.39 is 0 Å². The summed E-state index contributed by atoms with van der Waals surface area (Å²) in [7, 11) is 4.03. The highest BCUT2D eigenvalue weighted by Crippen LogP contribution is 2.14. The van der Waals surface area contributed by atoms with Crippen molar-refractivity contribution in [2.24, 2.45) is 5.73 Å². The molecule has 0 aliphatic heterocycles. The van der Waals surface area contributed by atoms with E-state index in [9.17, 15) is 4.79 Å². The quantitative estimate of drug-likeness (QED) is 0.801. The van der Waals surface area contributed by atoms with Gasteiger partial charge < -0.3 is 15.5 Å². The average Bonchev–Trinajstić information content (AvgIpc) is 2.49. The highest BCUT2D eigenvalue weighted by molar-refractivity contribution is 5.81. The number of likely N-dealkylation sites (N-methyl/N-ethyl adjacent to an activating group) is 1. The number of benzene rings is 1. The number of nitrogens with two attached hydrogens (primary N) is 1. The van der Waals surface area contributed by atoms with Crippen molar-refractivity contribution in [1.82, 2.24) is 4.90 Å². The molecule has 2 N–H and O–H groups in total. The molecule has 0 saturated heterocycles. The molecule has 21 heavy (non-hydrogen) atoms. The van der Waals surface area contributed by atoms with E-state index in [2.05, 4.69) is 36.1 Å². The first-order valence-corrected chi connectivity index (χ1v) is 7.80. The molecule has 118 valence electrons. The van der Waals surface area contributed by atoms with Gasteiger partial charge in [-0.2, -0.15) is 0 Å². The first-order valence-electron chi connectivity index (χ1n) is 7.80. The Morgan fingerprint density at radius 1 is 1.19 bits per heavy atom. The summed E-state index contributed by atoms with van der Waals surface area (Å²) in [5.74, 6) is 0.0580. The molecule has 0 aliphatic carbocycles. The van der Waals surface area contributed by atoms with Gasteiger partial charge in [-0.15, -0.1) is 0 Å². The maximum atomic E-state index is 12.4. The van der Waals surface area contributed by atoms with Crippen LogP contribution in [0.15, 0.2) is 24.3 Å². The van der Waals surface area contributed by atoms with Crippen molar-refractivity contribution in [2.75, 3.05) is 25.5 Å². The Morgan fingerprint density at radius 2 is 1.81 bits per heavy atom. The molecule has 0 saturated carbocycles. The van der Waals surface area contributed by atoms with Crippen LogP contribution in [0.5, 0.6) is 0 Å². The van der Waals surface area contributed by atoms with Gasteiger partial charge in [0.1, 0.15) is 0 Å². The van der Waals surface area contributed by atoms with Crippen molar-refractivity contribution in [3.05, 3.63) is 29.8 Å². The van der Waals surface area contributed by atoms with Crippen LogP contribution < -0.4 is 10.6 Å². The normalized spacial score (nSPS) is 12.0. The fourth-order valence-electron chi connectivity index (χ4n) is 2.25. The number of nitrogens with zero attached hydrogens (tertiary/aromatic N) is 2. The molecule has 0 spiro atoms. The Morgan fingerprint density at radius 3 is 2.29 bits per heavy atom. The SMILES string of the molecule is CCCCC(N)C(=O)N(CC)Cc1ccc(N(C)C)cc1. The molecule has 0 fully saturated rings. The first-order chi connectivity index (χ1) is 9.99. The maximum Gasteiger partial charge on any atom is 0.239 e. The van der Waals surface area contributed by atoms with Gasteiger partial charge in [-0.25, -0.2) is 0 Å². The lowest BCUT2D eigenvalue weighted by molar-refractivity contribution is -0.133. The van der Waals surface area contributed by atoms with Crippen molar-refractivity contribution < 1.29 is 4.79 Å². The Labute approximate surface area is 128 Å². The largest absolute Gasteiger partial charge is 0.378 e. The van der Waals surface area contributed by atoms with Crippen LogP contribution in [0.2, 0.25) is 0 Å². The molecule has 0 heterocycles. The summed E-state index contributed by atoms with van der Waals surface area (Å²) >= 11 is 0. The zero-order valence-corrected chi connectivity index (χ0v) is 13.8. The zero-order valence-electron chi connectivity index (χ0n) is 13.8. The monoisotopic (exact) mass is 291 g/mol. The molecule has 0 aliphatic rings. The smallest absolute Gasteiger partial charge is 0.239 e. The van der Waals surface area contributed by atoms with Gasteiger partial charge in [0.05, 0.1) is 6.04 Å². The van der Waals surface area contributed by atoms with Gasteiger partial charge in [0, 0.05) is 32.9 Å².